The lowest BCUT2D eigenvalue weighted by Crippen LogP contribution is -2.89. The number of imide groups is 1. The summed E-state index contributed by atoms with van der Waals surface area (Å²) in [5, 5.41) is 2.49. The molecule has 2 aromatic carbocycles. The van der Waals surface area contributed by atoms with Gasteiger partial charge in [0.15, 0.2) is 6.29 Å². The molecule has 7 rings (SSSR count). The van der Waals surface area contributed by atoms with Crippen LogP contribution in [-0.2, 0) is 19.6 Å². The lowest BCUT2D eigenvalue weighted by molar-refractivity contribution is -0.563. The third kappa shape index (κ3) is 8.21. The quantitative estimate of drug-likeness (QED) is 0.0890. The normalized spacial score (nSPS) is 31.1. The molecule has 3 amide bonds. The first-order chi connectivity index (χ1) is 34.6. The molecule has 2 saturated carbocycles. The van der Waals surface area contributed by atoms with Crippen molar-refractivity contribution in [3.63, 3.8) is 0 Å². The Hall–Kier alpha value is -6.00. The van der Waals surface area contributed by atoms with Crippen molar-refractivity contribution in [3.05, 3.63) is 136 Å². The second-order valence-corrected chi connectivity index (χ2v) is 20.1. The van der Waals surface area contributed by atoms with Gasteiger partial charge in [0.1, 0.15) is 17.0 Å². The van der Waals surface area contributed by atoms with Crippen molar-refractivity contribution in [1.82, 2.24) is 10.2 Å². The molecular weight excluding hydrogens is 1020 g/mol. The highest BCUT2D eigenvalue weighted by molar-refractivity contribution is 6.23. The summed E-state index contributed by atoms with van der Waals surface area (Å²) >= 11 is 0. The van der Waals surface area contributed by atoms with Gasteiger partial charge in [-0.25, -0.2) is 4.90 Å². The Kier molecular flexibility index (Phi) is 13.9. The van der Waals surface area contributed by atoms with E-state index in [1.807, 2.05) is 20.8 Å². The average Bonchev–Trinajstić information content (AvgIpc) is 3.49. The number of carbonyl (C=O) groups is 4. The van der Waals surface area contributed by atoms with Gasteiger partial charge >= 0.3 is 47.1 Å². The van der Waals surface area contributed by atoms with Crippen LogP contribution in [0, 0.1) is 5.41 Å². The number of ether oxygens (including phenoxy) is 4. The zero-order chi connectivity index (χ0) is 56.0. The Balaban J connectivity index is 1.08. The van der Waals surface area contributed by atoms with Crippen molar-refractivity contribution in [3.8, 4) is 5.75 Å². The summed E-state index contributed by atoms with van der Waals surface area (Å²) in [6, 6.07) is 6.42. The minimum atomic E-state index is -5.98. The van der Waals surface area contributed by atoms with E-state index in [2.05, 4.69) is 14.8 Å². The summed E-state index contributed by atoms with van der Waals surface area (Å²) in [5.74, 6) is -48.8. The minimum absolute atomic E-state index is 0.0472. The maximum atomic E-state index is 16.6. The number of rotatable bonds is 18. The average molecular weight is 1070 g/mol. The second-order valence-electron chi connectivity index (χ2n) is 20.1. The number of nitrogens with one attached hydrogen (secondary N) is 1. The monoisotopic (exact) mass is 1070 g/mol. The number of aldehydes is 1. The summed E-state index contributed by atoms with van der Waals surface area (Å²) in [6.07, 6.45) is 11.4. The number of hydrogen-bond acceptors (Lipinski definition) is 8. The van der Waals surface area contributed by atoms with Crippen molar-refractivity contribution < 1.29 is 90.8 Å². The lowest BCUT2D eigenvalue weighted by Gasteiger charge is -2.58. The van der Waals surface area contributed by atoms with E-state index in [1.54, 1.807) is 26.0 Å². The molecule has 4 aliphatic carbocycles. The van der Waals surface area contributed by atoms with Crippen LogP contribution in [0.15, 0.2) is 109 Å². The van der Waals surface area contributed by atoms with E-state index >= 15 is 35.1 Å². The minimum Gasteiger partial charge on any atom is -0.448 e. The Labute approximate surface area is 423 Å². The zero-order valence-electron chi connectivity index (χ0n) is 41.6. The highest BCUT2D eigenvalue weighted by Crippen LogP contribution is 2.71. The van der Waals surface area contributed by atoms with Gasteiger partial charge in [0, 0.05) is 11.3 Å². The van der Waals surface area contributed by atoms with Crippen LogP contribution in [0.3, 0.4) is 0 Å². The molecule has 0 aromatic heterocycles. The van der Waals surface area contributed by atoms with Crippen LogP contribution in [0.1, 0.15) is 128 Å². The molecule has 2 fully saturated rings. The van der Waals surface area contributed by atoms with Crippen LogP contribution < -0.4 is 10.1 Å². The molecule has 1 N–H and O–H groups in total. The highest BCUT2D eigenvalue weighted by atomic mass is 19.3. The third-order valence-corrected chi connectivity index (χ3v) is 15.2. The first-order valence-electron chi connectivity index (χ1n) is 23.7. The van der Waals surface area contributed by atoms with Gasteiger partial charge in [0.25, 0.3) is 17.7 Å². The predicted molar refractivity (Wildman–Crippen MR) is 246 cm³/mol. The molecule has 10 nitrogen and oxygen atoms in total. The molecule has 0 bridgehead atoms. The lowest BCUT2D eigenvalue weighted by atomic mass is 9.75. The van der Waals surface area contributed by atoms with Gasteiger partial charge in [-0.15, -0.1) is 0 Å². The van der Waals surface area contributed by atoms with Gasteiger partial charge in [-0.3, -0.25) is 19.2 Å². The van der Waals surface area contributed by atoms with Crippen LogP contribution >= 0.6 is 0 Å². The summed E-state index contributed by atoms with van der Waals surface area (Å²) in [4.78, 5) is 53.1. The Bertz CT molecular complexity index is 2890. The fraction of sp³-hybridized carbons (Fsp3) is 0.472. The van der Waals surface area contributed by atoms with Crippen molar-refractivity contribution in [1.29, 1.82) is 0 Å². The van der Waals surface area contributed by atoms with Crippen molar-refractivity contribution >= 4 is 24.0 Å². The number of nitrogens with zero attached hydrogens (tertiary/aromatic N) is 1. The van der Waals surface area contributed by atoms with Gasteiger partial charge in [0.2, 0.25) is 0 Å². The van der Waals surface area contributed by atoms with E-state index in [-0.39, 0.29) is 35.1 Å². The first-order valence-corrected chi connectivity index (χ1v) is 23.7. The molecule has 5 aliphatic rings. The summed E-state index contributed by atoms with van der Waals surface area (Å²) in [5.41, 5.74) is -7.43. The van der Waals surface area contributed by atoms with Crippen molar-refractivity contribution in [2.45, 2.75) is 145 Å². The van der Waals surface area contributed by atoms with Gasteiger partial charge in [-0.1, -0.05) is 59.8 Å². The largest absolute Gasteiger partial charge is 0.448 e. The molecule has 75 heavy (non-hydrogen) atoms. The molecule has 6 atom stereocenters. The third-order valence-electron chi connectivity index (χ3n) is 15.2. The molecule has 2 aromatic rings. The highest BCUT2D eigenvalue weighted by Gasteiger charge is 3.03. The molecular formula is C53H52F12N2O8. The van der Waals surface area contributed by atoms with E-state index in [1.165, 1.54) is 19.1 Å². The van der Waals surface area contributed by atoms with Gasteiger partial charge < -0.3 is 24.3 Å². The van der Waals surface area contributed by atoms with Crippen molar-refractivity contribution in [2.75, 3.05) is 6.61 Å². The molecule has 0 radical (unpaired) electrons. The van der Waals surface area contributed by atoms with E-state index in [0.29, 0.717) is 35.5 Å². The van der Waals surface area contributed by atoms with Crippen molar-refractivity contribution in [2.24, 2.45) is 5.41 Å². The zero-order valence-corrected chi connectivity index (χ0v) is 41.6. The van der Waals surface area contributed by atoms with Gasteiger partial charge in [-0.05, 0) is 135 Å². The van der Waals surface area contributed by atoms with E-state index < -0.39 is 111 Å². The number of carbonyl (C=O) groups excluding carboxylic acids is 4. The standard InChI is InChI=1S/C53H52F12N2O8/c1-9-42(5,10-2)30-72-50(62)46(54,55)48(58,59)52(50,64)74-45(8)24-14-16-34(22-26-45)67-40(70)37-20-18-35(28-38(37)41(67)71)73-51(63)47(56,57)49(60,61)53(51,65)75-44(7)23-13-15-33(21-25-44)66-39(69)36-19-17-32(27-31(36)29-68)43(6,11-3)12-4/h13-29H,9-12,30H2,1-8H3,(H,66,69). The maximum Gasteiger partial charge on any atom is 0.390 e. The van der Waals surface area contributed by atoms with E-state index in [4.69, 9.17) is 9.47 Å². The van der Waals surface area contributed by atoms with Crippen LogP contribution in [-0.4, -0.2) is 93.8 Å². The Morgan fingerprint density at radius 1 is 0.640 bits per heavy atom. The van der Waals surface area contributed by atoms with Gasteiger partial charge in [-0.2, -0.15) is 52.7 Å². The molecule has 0 spiro atoms. The van der Waals surface area contributed by atoms with Crippen LogP contribution in [0.25, 0.3) is 0 Å². The topological polar surface area (TPSA) is 120 Å². The van der Waals surface area contributed by atoms with Crippen LogP contribution in [0.5, 0.6) is 5.75 Å². The molecule has 6 unspecified atom stereocenters. The smallest absolute Gasteiger partial charge is 0.390 e. The second kappa shape index (κ2) is 18.3. The van der Waals surface area contributed by atoms with Crippen LogP contribution in [0.4, 0.5) is 52.7 Å². The number of allylic oxidation sites excluding steroid dienone is 6. The molecule has 22 heteroatoms. The Morgan fingerprint density at radius 2 is 1.16 bits per heavy atom. The van der Waals surface area contributed by atoms with Crippen LogP contribution in [0.2, 0.25) is 0 Å². The Morgan fingerprint density at radius 3 is 1.72 bits per heavy atom. The molecule has 1 aliphatic heterocycles. The summed E-state index contributed by atoms with van der Waals surface area (Å²) < 4.78 is 205. The molecule has 1 heterocycles. The summed E-state index contributed by atoms with van der Waals surface area (Å²) in [7, 11) is 0. The number of halogens is 12. The number of alkyl halides is 12. The fourth-order valence-electron chi connectivity index (χ4n) is 8.95. The fourth-order valence-corrected chi connectivity index (χ4v) is 8.95. The van der Waals surface area contributed by atoms with E-state index in [0.717, 1.165) is 80.9 Å². The van der Waals surface area contributed by atoms with E-state index in [9.17, 15) is 36.7 Å². The predicted octanol–water partition coefficient (Wildman–Crippen LogP) is 12.6. The number of hydrogen-bond donors (Lipinski definition) is 1. The summed E-state index contributed by atoms with van der Waals surface area (Å²) in [6.45, 7) is 11.4. The first kappa shape index (κ1) is 56.7. The SMILES string of the molecule is CCC(C)(CC)COC1(F)C(F)(F)C(F)(F)C1(F)OC1(C)C=CC=C(N2C(=O)c3ccc(OC4(F)C(F)(F)C(F)(F)C4(F)OC4(C)C=CC=C(NC(=O)c5ccc(C(C)(CC)CC)cc5C=O)C=C4)cc3C2=O)C=C1. The molecule has 406 valence electrons. The molecule has 0 saturated heterocycles. The number of fused-ring (bicyclic) bond motifs is 1. The van der Waals surface area contributed by atoms with Gasteiger partial charge in [0.05, 0.1) is 29.0 Å². The maximum absolute atomic E-state index is 16.6. The number of amides is 3. The number of benzene rings is 2.